The molecule has 4 rings (SSSR count). The van der Waals surface area contributed by atoms with Gasteiger partial charge in [0.25, 0.3) is 0 Å². The zero-order valence-electron chi connectivity index (χ0n) is 20.2. The normalized spacial score (nSPS) is 16.3. The van der Waals surface area contributed by atoms with Crippen molar-refractivity contribution in [2.24, 2.45) is 5.73 Å². The van der Waals surface area contributed by atoms with E-state index in [9.17, 15) is 27.6 Å². The number of aromatic nitrogens is 1. The summed E-state index contributed by atoms with van der Waals surface area (Å²) in [6.07, 6.45) is -2.14. The van der Waals surface area contributed by atoms with Gasteiger partial charge in [-0.2, -0.15) is 13.2 Å². The van der Waals surface area contributed by atoms with Gasteiger partial charge in [-0.3, -0.25) is 14.5 Å². The monoisotopic (exact) mass is 529 g/mol. The minimum Gasteiger partial charge on any atom is -0.420 e. The second kappa shape index (κ2) is 11.2. The maximum Gasteiger partial charge on any atom is 0.491 e. The SMILES string of the molecule is Nc1nccc2cc(CN(C(=O)[C@@H]3CCCN3)C(=O)[C@@H](N)Cc3ccc(OC(=O)C(F)(F)F)cc3)ccc12. The van der Waals surface area contributed by atoms with Crippen LogP contribution in [0.5, 0.6) is 5.75 Å². The number of nitrogens with two attached hydrogens (primary N) is 2. The van der Waals surface area contributed by atoms with Crippen LogP contribution in [0.25, 0.3) is 10.8 Å². The Hall–Kier alpha value is -4.03. The first-order valence-corrected chi connectivity index (χ1v) is 11.9. The number of amides is 2. The van der Waals surface area contributed by atoms with Crippen LogP contribution in [0.4, 0.5) is 19.0 Å². The van der Waals surface area contributed by atoms with Crippen LogP contribution in [-0.2, 0) is 27.3 Å². The van der Waals surface area contributed by atoms with Crippen molar-refractivity contribution in [2.75, 3.05) is 12.3 Å². The number of fused-ring (bicyclic) bond motifs is 1. The summed E-state index contributed by atoms with van der Waals surface area (Å²) < 4.78 is 41.5. The number of pyridine rings is 1. The molecule has 2 amide bonds. The van der Waals surface area contributed by atoms with Crippen molar-refractivity contribution in [1.82, 2.24) is 15.2 Å². The van der Waals surface area contributed by atoms with Crippen molar-refractivity contribution in [3.63, 3.8) is 0 Å². The number of imide groups is 1. The number of hydrogen-bond acceptors (Lipinski definition) is 8. The molecule has 1 aliphatic rings. The van der Waals surface area contributed by atoms with Crippen molar-refractivity contribution >= 4 is 34.4 Å². The molecule has 0 aliphatic carbocycles. The number of halogens is 3. The van der Waals surface area contributed by atoms with Gasteiger partial charge in [-0.1, -0.05) is 24.3 Å². The Morgan fingerprint density at radius 2 is 1.82 bits per heavy atom. The summed E-state index contributed by atoms with van der Waals surface area (Å²) in [5.41, 5.74) is 13.3. The fourth-order valence-corrected chi connectivity index (χ4v) is 4.28. The molecule has 12 heteroatoms. The Bertz CT molecular complexity index is 1340. The Morgan fingerprint density at radius 3 is 2.47 bits per heavy atom. The fraction of sp³-hybridized carbons (Fsp3) is 0.308. The number of anilines is 1. The number of esters is 1. The van der Waals surface area contributed by atoms with Crippen molar-refractivity contribution in [3.05, 3.63) is 65.9 Å². The van der Waals surface area contributed by atoms with E-state index in [1.807, 2.05) is 6.07 Å². The van der Waals surface area contributed by atoms with Crippen LogP contribution in [0.1, 0.15) is 24.0 Å². The maximum absolute atomic E-state index is 13.4. The van der Waals surface area contributed by atoms with E-state index in [-0.39, 0.29) is 24.6 Å². The largest absolute Gasteiger partial charge is 0.491 e. The third kappa shape index (κ3) is 6.26. The van der Waals surface area contributed by atoms with Crippen LogP contribution >= 0.6 is 0 Å². The van der Waals surface area contributed by atoms with Gasteiger partial charge in [0.1, 0.15) is 11.6 Å². The van der Waals surface area contributed by atoms with Crippen LogP contribution in [0.3, 0.4) is 0 Å². The molecule has 2 atom stereocenters. The lowest BCUT2D eigenvalue weighted by Gasteiger charge is -2.27. The summed E-state index contributed by atoms with van der Waals surface area (Å²) in [6.45, 7) is 0.659. The van der Waals surface area contributed by atoms with E-state index in [0.29, 0.717) is 29.9 Å². The maximum atomic E-state index is 13.4. The first-order valence-electron chi connectivity index (χ1n) is 11.9. The Kier molecular flexibility index (Phi) is 7.93. The van der Waals surface area contributed by atoms with Crippen LogP contribution in [0, 0.1) is 0 Å². The minimum absolute atomic E-state index is 0.00591. The molecule has 38 heavy (non-hydrogen) atoms. The van der Waals surface area contributed by atoms with Crippen molar-refractivity contribution in [1.29, 1.82) is 0 Å². The molecule has 5 N–H and O–H groups in total. The molecule has 200 valence electrons. The average Bonchev–Trinajstić information content (AvgIpc) is 3.42. The molecule has 1 fully saturated rings. The second-order valence-corrected chi connectivity index (χ2v) is 9.01. The lowest BCUT2D eigenvalue weighted by Crippen LogP contribution is -2.52. The molecule has 9 nitrogen and oxygen atoms in total. The van der Waals surface area contributed by atoms with E-state index in [0.717, 1.165) is 22.1 Å². The summed E-state index contributed by atoms with van der Waals surface area (Å²) in [4.78, 5) is 42.9. The van der Waals surface area contributed by atoms with E-state index in [4.69, 9.17) is 11.5 Å². The highest BCUT2D eigenvalue weighted by Gasteiger charge is 2.41. The van der Waals surface area contributed by atoms with Crippen molar-refractivity contribution in [2.45, 2.75) is 44.1 Å². The van der Waals surface area contributed by atoms with Gasteiger partial charge in [0.2, 0.25) is 11.8 Å². The third-order valence-corrected chi connectivity index (χ3v) is 6.23. The summed E-state index contributed by atoms with van der Waals surface area (Å²) in [6, 6.07) is 10.7. The number of rotatable bonds is 7. The van der Waals surface area contributed by atoms with Gasteiger partial charge in [-0.25, -0.2) is 9.78 Å². The molecule has 1 aromatic heterocycles. The third-order valence-electron chi connectivity index (χ3n) is 6.23. The molecule has 0 unspecified atom stereocenters. The van der Waals surface area contributed by atoms with E-state index in [1.54, 1.807) is 24.4 Å². The number of nitrogen functional groups attached to an aromatic ring is 1. The molecular formula is C26H26F3N5O4. The second-order valence-electron chi connectivity index (χ2n) is 9.01. The summed E-state index contributed by atoms with van der Waals surface area (Å²) in [5.74, 6) is -3.24. The lowest BCUT2D eigenvalue weighted by atomic mass is 10.0. The number of carbonyl (C=O) groups excluding carboxylic acids is 3. The summed E-state index contributed by atoms with van der Waals surface area (Å²) in [7, 11) is 0. The predicted octanol–water partition coefficient (Wildman–Crippen LogP) is 2.46. The minimum atomic E-state index is -5.12. The number of nitrogens with one attached hydrogen (secondary N) is 1. The number of carbonyl (C=O) groups is 3. The van der Waals surface area contributed by atoms with E-state index < -0.39 is 30.1 Å². The van der Waals surface area contributed by atoms with E-state index in [2.05, 4.69) is 15.0 Å². The fourth-order valence-electron chi connectivity index (χ4n) is 4.28. The van der Waals surface area contributed by atoms with Crippen molar-refractivity contribution < 1.29 is 32.3 Å². The van der Waals surface area contributed by atoms with Gasteiger partial charge >= 0.3 is 12.1 Å². The van der Waals surface area contributed by atoms with Crippen LogP contribution in [0.15, 0.2) is 54.7 Å². The first kappa shape index (κ1) is 27.0. The van der Waals surface area contributed by atoms with Crippen LogP contribution in [-0.4, -0.2) is 52.5 Å². The molecule has 1 saturated heterocycles. The number of hydrogen-bond donors (Lipinski definition) is 3. The Balaban J connectivity index is 1.50. The summed E-state index contributed by atoms with van der Waals surface area (Å²) >= 11 is 0. The zero-order chi connectivity index (χ0) is 27.4. The number of nitrogens with zero attached hydrogens (tertiary/aromatic N) is 2. The zero-order valence-corrected chi connectivity index (χ0v) is 20.2. The molecule has 2 heterocycles. The summed E-state index contributed by atoms with van der Waals surface area (Å²) in [5, 5.41) is 4.66. The Labute approximate surface area is 215 Å². The Morgan fingerprint density at radius 1 is 1.11 bits per heavy atom. The topological polar surface area (TPSA) is 141 Å². The molecule has 0 bridgehead atoms. The van der Waals surface area contributed by atoms with Crippen LogP contribution in [0.2, 0.25) is 0 Å². The van der Waals surface area contributed by atoms with Gasteiger partial charge in [0, 0.05) is 11.6 Å². The van der Waals surface area contributed by atoms with Gasteiger partial charge in [0.05, 0.1) is 18.6 Å². The molecular weight excluding hydrogens is 503 g/mol. The highest BCUT2D eigenvalue weighted by Crippen LogP contribution is 2.23. The predicted molar refractivity (Wildman–Crippen MR) is 133 cm³/mol. The van der Waals surface area contributed by atoms with Gasteiger partial charge in [-0.15, -0.1) is 0 Å². The molecule has 1 aliphatic heterocycles. The smallest absolute Gasteiger partial charge is 0.420 e. The van der Waals surface area contributed by atoms with Crippen LogP contribution < -0.4 is 21.5 Å². The first-order chi connectivity index (χ1) is 18.0. The van der Waals surface area contributed by atoms with Crippen molar-refractivity contribution in [3.8, 4) is 5.75 Å². The molecule has 0 radical (unpaired) electrons. The quantitative estimate of drug-likeness (QED) is 0.313. The number of alkyl halides is 3. The van der Waals surface area contributed by atoms with E-state index >= 15 is 0 Å². The lowest BCUT2D eigenvalue weighted by molar-refractivity contribution is -0.189. The molecule has 2 aromatic carbocycles. The standard InChI is InChI=1S/C26H26F3N5O4/c27-26(28,29)25(37)38-18-6-3-15(4-7-18)13-20(30)23(35)34(24(36)21-2-1-10-32-21)14-16-5-8-19-17(12-16)9-11-33-22(19)31/h3-9,11-12,20-21,32H,1-2,10,13-14,30H2,(H2,31,33)/t20-,21-/m0/s1. The molecule has 0 spiro atoms. The van der Waals surface area contributed by atoms with Gasteiger partial charge in [-0.05, 0) is 66.6 Å². The number of ether oxygens (including phenoxy) is 1. The molecule has 0 saturated carbocycles. The number of benzene rings is 2. The van der Waals surface area contributed by atoms with E-state index in [1.165, 1.54) is 24.3 Å². The van der Waals surface area contributed by atoms with Gasteiger partial charge < -0.3 is 21.5 Å². The van der Waals surface area contributed by atoms with Gasteiger partial charge in [0.15, 0.2) is 0 Å². The highest BCUT2D eigenvalue weighted by atomic mass is 19.4. The highest BCUT2D eigenvalue weighted by molar-refractivity contribution is 6.00. The molecule has 3 aromatic rings. The average molecular weight is 530 g/mol.